The summed E-state index contributed by atoms with van der Waals surface area (Å²) < 4.78 is 0. The minimum atomic E-state index is -2.74. The Morgan fingerprint density at radius 3 is 1.08 bits per heavy atom. The van der Waals surface area contributed by atoms with Gasteiger partial charge in [0, 0.05) is 0 Å². The molecule has 0 aromatic rings. The maximum absolute atomic E-state index is 10.3. The highest BCUT2D eigenvalue weighted by atomic mass is 24.3. The topological polar surface area (TPSA) is 247 Å². The second kappa shape index (κ2) is 11.5. The first kappa shape index (κ1) is 26.9. The average molecular weight is 369 g/mol. The van der Waals surface area contributed by atoms with Crippen LogP contribution in [-0.2, 0) is 24.0 Å². The molecule has 2 unspecified atom stereocenters. The first-order valence-corrected chi connectivity index (χ1v) is 5.45. The minimum absolute atomic E-state index is 0. The number of carboxylic acids is 5. The molecule has 0 aliphatic carbocycles. The van der Waals surface area contributed by atoms with E-state index in [1.807, 2.05) is 0 Å². The van der Waals surface area contributed by atoms with Gasteiger partial charge in [0.05, 0.1) is 12.8 Å². The molecule has 0 fully saturated rings. The lowest BCUT2D eigenvalue weighted by molar-refractivity contribution is -0.170. The summed E-state index contributed by atoms with van der Waals surface area (Å²) in [6, 6.07) is 0. The molecule has 136 valence electrons. The zero-order valence-corrected chi connectivity index (χ0v) is 11.2. The zero-order valence-electron chi connectivity index (χ0n) is 11.2. The number of carboxylic acid groups (broad SMARTS) is 5. The summed E-state index contributed by atoms with van der Waals surface area (Å²) in [6.07, 6.45) is -6.82. The van der Waals surface area contributed by atoms with Crippen LogP contribution in [-0.4, -0.2) is 112 Å². The number of aliphatic hydroxyl groups is 3. The molecule has 0 aromatic carbocycles. The van der Waals surface area contributed by atoms with Crippen molar-refractivity contribution >= 4 is 52.9 Å². The number of carbonyl (C=O) groups is 5. The van der Waals surface area contributed by atoms with Crippen molar-refractivity contribution in [1.82, 2.24) is 0 Å². The van der Waals surface area contributed by atoms with Gasteiger partial charge in [-0.15, -0.1) is 0 Å². The molecule has 0 amide bonds. The first-order valence-electron chi connectivity index (χ1n) is 5.45. The van der Waals surface area contributed by atoms with Crippen molar-refractivity contribution < 1.29 is 64.8 Å². The number of aliphatic hydroxyl groups excluding tert-OH is 2. The van der Waals surface area contributed by atoms with Gasteiger partial charge in [-0.25, -0.2) is 14.4 Å². The van der Waals surface area contributed by atoms with E-state index in [1.54, 1.807) is 0 Å². The summed E-state index contributed by atoms with van der Waals surface area (Å²) >= 11 is 0. The van der Waals surface area contributed by atoms with Crippen molar-refractivity contribution in [3.8, 4) is 0 Å². The predicted octanol–water partition coefficient (Wildman–Crippen LogP) is -4.29. The van der Waals surface area contributed by atoms with Crippen LogP contribution in [0.4, 0.5) is 0 Å². The molecule has 0 saturated heterocycles. The largest absolute Gasteiger partial charge is 0.481 e. The number of rotatable bonds is 8. The fourth-order valence-corrected chi connectivity index (χ4v) is 0.984. The lowest BCUT2D eigenvalue weighted by atomic mass is 9.96. The van der Waals surface area contributed by atoms with E-state index in [0.717, 1.165) is 0 Å². The molecule has 0 aliphatic heterocycles. The summed E-state index contributed by atoms with van der Waals surface area (Å²) in [5, 5.41) is 66.3. The Hall–Kier alpha value is -2.00. The van der Waals surface area contributed by atoms with Crippen LogP contribution >= 0.6 is 0 Å². The van der Waals surface area contributed by atoms with E-state index < -0.39 is 60.5 Å². The monoisotopic (exact) mass is 368 g/mol. The molecule has 13 nitrogen and oxygen atoms in total. The molecule has 0 bridgehead atoms. The molecule has 0 spiro atoms. The van der Waals surface area contributed by atoms with Crippen LogP contribution < -0.4 is 0 Å². The molecule has 0 aliphatic rings. The van der Waals surface area contributed by atoms with Gasteiger partial charge in [-0.05, 0) is 0 Å². The Morgan fingerprint density at radius 2 is 0.958 bits per heavy atom. The highest BCUT2D eigenvalue weighted by Crippen LogP contribution is 2.15. The average Bonchev–Trinajstić information content (AvgIpc) is 2.35. The molecule has 0 heterocycles. The van der Waals surface area contributed by atoms with Crippen LogP contribution in [0.25, 0.3) is 0 Å². The van der Waals surface area contributed by atoms with Crippen LogP contribution in [0.1, 0.15) is 12.8 Å². The van der Waals surface area contributed by atoms with Crippen LogP contribution in [0, 0.1) is 0 Å². The lowest BCUT2D eigenvalue weighted by Gasteiger charge is -2.18. The number of aliphatic carboxylic acids is 5. The van der Waals surface area contributed by atoms with Crippen molar-refractivity contribution in [2.75, 3.05) is 0 Å². The second-order valence-corrected chi connectivity index (χ2v) is 4.04. The molecule has 0 saturated carbocycles. The molecule has 2 atom stereocenters. The first-order chi connectivity index (χ1) is 10.2. The summed E-state index contributed by atoms with van der Waals surface area (Å²) in [5.74, 6) is -8.56. The minimum Gasteiger partial charge on any atom is -0.481 e. The van der Waals surface area contributed by atoms with E-state index in [2.05, 4.69) is 0 Å². The van der Waals surface area contributed by atoms with Crippen molar-refractivity contribution in [3.63, 3.8) is 0 Å². The van der Waals surface area contributed by atoms with E-state index in [1.165, 1.54) is 0 Å². The van der Waals surface area contributed by atoms with Crippen LogP contribution in [0.2, 0.25) is 0 Å². The predicted molar refractivity (Wildman–Crippen MR) is 72.9 cm³/mol. The molecule has 8 N–H and O–H groups in total. The Morgan fingerprint density at radius 1 is 0.708 bits per heavy atom. The molecule has 0 rings (SSSR count). The zero-order chi connectivity index (χ0) is 19.0. The summed E-state index contributed by atoms with van der Waals surface area (Å²) in [6.45, 7) is 0. The third kappa shape index (κ3) is 10.7. The van der Waals surface area contributed by atoms with E-state index >= 15 is 0 Å². The van der Waals surface area contributed by atoms with E-state index in [9.17, 15) is 24.0 Å². The van der Waals surface area contributed by atoms with Gasteiger partial charge in [-0.1, -0.05) is 0 Å². The lowest BCUT2D eigenvalue weighted by Crippen LogP contribution is -2.42. The Labute approximate surface area is 148 Å². The van der Waals surface area contributed by atoms with Crippen LogP contribution in [0.5, 0.6) is 0 Å². The molecule has 14 heteroatoms. The molecular weight excluding hydrogens is 352 g/mol. The summed E-state index contributed by atoms with van der Waals surface area (Å²) in [4.78, 5) is 50.0. The second-order valence-electron chi connectivity index (χ2n) is 4.04. The van der Waals surface area contributed by atoms with Crippen molar-refractivity contribution in [2.24, 2.45) is 0 Å². The third-order valence-electron chi connectivity index (χ3n) is 2.09. The maximum Gasteiger partial charge on any atom is 0.336 e. The van der Waals surface area contributed by atoms with Gasteiger partial charge >= 0.3 is 52.9 Å². The third-order valence-corrected chi connectivity index (χ3v) is 2.09. The molecular formula is C10H16MgO13. The van der Waals surface area contributed by atoms with Gasteiger partial charge in [0.15, 0.2) is 17.8 Å². The van der Waals surface area contributed by atoms with Gasteiger partial charge in [0.25, 0.3) is 0 Å². The van der Waals surface area contributed by atoms with E-state index in [0.29, 0.717) is 0 Å². The van der Waals surface area contributed by atoms with Crippen LogP contribution in [0.15, 0.2) is 0 Å². The van der Waals surface area contributed by atoms with Gasteiger partial charge in [-0.2, -0.15) is 0 Å². The molecule has 24 heavy (non-hydrogen) atoms. The normalized spacial score (nSPS) is 12.5. The van der Waals surface area contributed by atoms with Crippen molar-refractivity contribution in [3.05, 3.63) is 0 Å². The van der Waals surface area contributed by atoms with Gasteiger partial charge in [-0.3, -0.25) is 9.59 Å². The number of hydrogen-bond acceptors (Lipinski definition) is 8. The quantitative estimate of drug-likeness (QED) is 0.189. The van der Waals surface area contributed by atoms with E-state index in [4.69, 9.17) is 40.9 Å². The maximum atomic E-state index is 10.3. The van der Waals surface area contributed by atoms with Gasteiger partial charge in [0.2, 0.25) is 0 Å². The Bertz CT molecular complexity index is 453. The smallest absolute Gasteiger partial charge is 0.336 e. The fourth-order valence-electron chi connectivity index (χ4n) is 0.984. The fraction of sp³-hybridized carbons (Fsp3) is 0.500. The van der Waals surface area contributed by atoms with Crippen molar-refractivity contribution in [1.29, 1.82) is 0 Å². The Kier molecular flexibility index (Phi) is 12.9. The standard InChI is InChI=1S/C6H8O7.C4H6O6.Mg.2H/c7-3(8)1-6(13,5(11)12)2-4(9)10;5-1(3(7)8)2(6)4(9)10;;;/h13H,1-2H2,(H,7,8)(H,9,10)(H,11,12);1-2,5-6H,(H,7,8)(H,9,10);;;. The molecule has 0 aromatic heterocycles. The summed E-state index contributed by atoms with van der Waals surface area (Å²) in [5.41, 5.74) is -2.74. The SMILES string of the molecule is O=C(O)C(O)C(O)C(=O)O.O=C(O)CC(O)(CC(=O)O)C(=O)O.[MgH2]. The highest BCUT2D eigenvalue weighted by Gasteiger charge is 2.40. The highest BCUT2D eigenvalue weighted by molar-refractivity contribution is 5.88. The Balaban J connectivity index is -0.000000364. The summed E-state index contributed by atoms with van der Waals surface area (Å²) in [7, 11) is 0. The van der Waals surface area contributed by atoms with E-state index in [-0.39, 0.29) is 23.1 Å². The van der Waals surface area contributed by atoms with Crippen LogP contribution in [0.3, 0.4) is 0 Å². The number of hydrogen-bond donors (Lipinski definition) is 8. The van der Waals surface area contributed by atoms with Gasteiger partial charge in [0.1, 0.15) is 0 Å². The van der Waals surface area contributed by atoms with Gasteiger partial charge < -0.3 is 40.9 Å². The molecule has 0 radical (unpaired) electrons. The van der Waals surface area contributed by atoms with Crippen molar-refractivity contribution in [2.45, 2.75) is 30.7 Å².